The molecule has 0 saturated heterocycles. The fraction of sp³-hybridized carbons (Fsp3) is 0. The molecule has 4 aromatic heterocycles. The van der Waals surface area contributed by atoms with Crippen molar-refractivity contribution in [2.24, 2.45) is 0 Å². The number of fused-ring (bicyclic) bond motifs is 14. The highest BCUT2D eigenvalue weighted by molar-refractivity contribution is 6.22. The van der Waals surface area contributed by atoms with E-state index >= 15 is 0 Å². The number of hydrogen-bond acceptors (Lipinski definition) is 4. The summed E-state index contributed by atoms with van der Waals surface area (Å²) in [5.41, 5.74) is 14.5. The van der Waals surface area contributed by atoms with E-state index in [4.69, 9.17) is 18.3 Å². The third-order valence-corrected chi connectivity index (χ3v) is 13.6. The zero-order valence-electron chi connectivity index (χ0n) is 35.2. The molecule has 0 atom stereocenters. The van der Waals surface area contributed by atoms with Crippen LogP contribution >= 0.6 is 0 Å². The van der Waals surface area contributed by atoms with Crippen LogP contribution in [0.15, 0.2) is 215 Å². The topological polar surface area (TPSA) is 54.6 Å². The molecule has 0 saturated carbocycles. The molecule has 0 amide bonds. The summed E-state index contributed by atoms with van der Waals surface area (Å²) in [5, 5.41) is 9.18. The second-order valence-electron chi connectivity index (χ2n) is 17.1. The first-order valence-corrected chi connectivity index (χ1v) is 22.2. The zero-order chi connectivity index (χ0) is 43.0. The molecule has 0 bridgehead atoms. The van der Waals surface area contributed by atoms with Crippen molar-refractivity contribution < 1.29 is 18.3 Å². The summed E-state index contributed by atoms with van der Waals surface area (Å²) < 4.78 is 30.8. The van der Waals surface area contributed by atoms with Crippen LogP contribution in [0, 0.1) is 0 Å². The van der Waals surface area contributed by atoms with Gasteiger partial charge in [-0.2, -0.15) is 0 Å². The van der Waals surface area contributed by atoms with E-state index in [1.54, 1.807) is 0 Å². The summed E-state index contributed by atoms with van der Waals surface area (Å²) in [4.78, 5) is 0. The van der Waals surface area contributed by atoms with Crippen LogP contribution in [-0.4, -0.2) is 9.13 Å². The second-order valence-corrected chi connectivity index (χ2v) is 17.1. The minimum atomic E-state index is 0.659. The van der Waals surface area contributed by atoms with Gasteiger partial charge in [0.05, 0.1) is 33.4 Å². The highest BCUT2D eigenvalue weighted by Gasteiger charge is 2.25. The van der Waals surface area contributed by atoms with Crippen LogP contribution < -0.4 is 9.47 Å². The van der Waals surface area contributed by atoms with Crippen LogP contribution in [0.1, 0.15) is 0 Å². The summed E-state index contributed by atoms with van der Waals surface area (Å²) in [7, 11) is 0. The smallest absolute Gasteiger partial charge is 0.172 e. The lowest BCUT2D eigenvalue weighted by atomic mass is 9.95. The molecule has 1 aliphatic rings. The third kappa shape index (κ3) is 4.90. The first kappa shape index (κ1) is 35.5. The minimum Gasteiger partial charge on any atom is -0.456 e. The molecule has 6 nitrogen and oxygen atoms in total. The van der Waals surface area contributed by atoms with Gasteiger partial charge in [-0.15, -0.1) is 0 Å². The van der Waals surface area contributed by atoms with Crippen molar-refractivity contribution in [3.63, 3.8) is 0 Å². The van der Waals surface area contributed by atoms with Crippen molar-refractivity contribution in [2.45, 2.75) is 0 Å². The first-order chi connectivity index (χ1) is 32.7. The molecule has 308 valence electrons. The van der Waals surface area contributed by atoms with Gasteiger partial charge in [0.25, 0.3) is 0 Å². The third-order valence-electron chi connectivity index (χ3n) is 13.6. The normalized spacial score (nSPS) is 12.5. The Balaban J connectivity index is 0.840. The van der Waals surface area contributed by atoms with Crippen LogP contribution in [0.25, 0.3) is 121 Å². The van der Waals surface area contributed by atoms with Gasteiger partial charge in [0.1, 0.15) is 22.3 Å². The molecule has 1 aliphatic heterocycles. The molecule has 0 aliphatic carbocycles. The molecule has 66 heavy (non-hydrogen) atoms. The number of para-hydroxylation sites is 4. The fourth-order valence-electron chi connectivity index (χ4n) is 10.9. The van der Waals surface area contributed by atoms with Gasteiger partial charge < -0.3 is 27.4 Å². The Bertz CT molecular complexity index is 4090. The molecule has 0 spiro atoms. The van der Waals surface area contributed by atoms with E-state index < -0.39 is 0 Å². The molecule has 0 fully saturated rings. The number of nitrogens with zero attached hydrogens (tertiary/aromatic N) is 2. The maximum absolute atomic E-state index is 6.74. The number of aromatic nitrogens is 2. The van der Waals surface area contributed by atoms with Crippen LogP contribution in [0.3, 0.4) is 0 Å². The van der Waals surface area contributed by atoms with Gasteiger partial charge in [0.2, 0.25) is 0 Å². The molecule has 0 N–H and O–H groups in total. The van der Waals surface area contributed by atoms with Crippen molar-refractivity contribution >= 4 is 87.5 Å². The Hall–Kier alpha value is -9.00. The summed E-state index contributed by atoms with van der Waals surface area (Å²) >= 11 is 0. The number of furan rings is 2. The predicted octanol–water partition coefficient (Wildman–Crippen LogP) is 16.9. The summed E-state index contributed by atoms with van der Waals surface area (Å²) in [5.74, 6) is 2.64. The molecule has 6 heteroatoms. The molecule has 5 heterocycles. The van der Waals surface area contributed by atoms with Gasteiger partial charge in [0.15, 0.2) is 23.0 Å². The Kier molecular flexibility index (Phi) is 7.13. The Morgan fingerprint density at radius 1 is 0.258 bits per heavy atom. The quantitative estimate of drug-likeness (QED) is 0.177. The molecule has 0 unspecified atom stereocenters. The second kappa shape index (κ2) is 13.3. The minimum absolute atomic E-state index is 0.659. The largest absolute Gasteiger partial charge is 0.456 e. The lowest BCUT2D eigenvalue weighted by Gasteiger charge is -2.22. The molecular formula is C60H34N2O4. The SMILES string of the molecule is c1ccc2c(c1)oc1cccc(-c3cccc4c3c3ccccc3n4-c3ccc4c(c3)Oc3ccc(-n5c6ccccc6c6c(-c7cccc8oc9ccccc9c78)cccc65)cc3O4)c12. The average Bonchev–Trinajstić information content (AvgIpc) is 4.13. The molecule has 0 radical (unpaired) electrons. The number of rotatable bonds is 4. The van der Waals surface area contributed by atoms with Gasteiger partial charge in [-0.25, -0.2) is 0 Å². The van der Waals surface area contributed by atoms with Gasteiger partial charge in [-0.1, -0.05) is 121 Å². The lowest BCUT2D eigenvalue weighted by molar-refractivity contribution is 0.359. The highest BCUT2D eigenvalue weighted by Crippen LogP contribution is 2.50. The predicted molar refractivity (Wildman–Crippen MR) is 267 cm³/mol. The fourth-order valence-corrected chi connectivity index (χ4v) is 10.9. The molecule has 10 aromatic carbocycles. The van der Waals surface area contributed by atoms with Crippen molar-refractivity contribution in [1.82, 2.24) is 9.13 Å². The van der Waals surface area contributed by atoms with E-state index in [1.165, 1.54) is 21.5 Å². The van der Waals surface area contributed by atoms with Crippen molar-refractivity contribution in [2.75, 3.05) is 0 Å². The Morgan fingerprint density at radius 3 is 1.09 bits per heavy atom. The van der Waals surface area contributed by atoms with Gasteiger partial charge in [-0.3, -0.25) is 0 Å². The van der Waals surface area contributed by atoms with Crippen LogP contribution in [0.5, 0.6) is 23.0 Å². The van der Waals surface area contributed by atoms with Gasteiger partial charge >= 0.3 is 0 Å². The van der Waals surface area contributed by atoms with Gasteiger partial charge in [-0.05, 0) is 95.1 Å². The standard InChI is InChI=1S/C60H34N2O4/c1-5-21-45-41(13-1)57-37(39-19-11-27-53-59(39)43-15-3-7-25-49(43)63-53)17-9-23-47(57)61(45)35-29-31-51-55(33-35)65-52-32-30-36(34-56(52)66-51)62-46-22-6-2-14-42(46)58-38(18-10-24-48(58)62)40-20-12-28-54-60(40)44-16-4-8-26-50(44)64-54/h1-34H. The summed E-state index contributed by atoms with van der Waals surface area (Å²) in [6.45, 7) is 0. The highest BCUT2D eigenvalue weighted by atomic mass is 16.6. The van der Waals surface area contributed by atoms with Crippen molar-refractivity contribution in [1.29, 1.82) is 0 Å². The van der Waals surface area contributed by atoms with E-state index in [9.17, 15) is 0 Å². The van der Waals surface area contributed by atoms with Gasteiger partial charge in [0, 0.05) is 55.2 Å². The first-order valence-electron chi connectivity index (χ1n) is 22.2. The van der Waals surface area contributed by atoms with E-state index in [1.807, 2.05) is 36.4 Å². The maximum Gasteiger partial charge on any atom is 0.172 e. The van der Waals surface area contributed by atoms with E-state index in [0.717, 1.165) is 99.6 Å². The van der Waals surface area contributed by atoms with E-state index in [2.05, 4.69) is 179 Å². The Labute approximate surface area is 376 Å². The average molecular weight is 847 g/mol. The van der Waals surface area contributed by atoms with E-state index in [-0.39, 0.29) is 0 Å². The Morgan fingerprint density at radius 2 is 0.621 bits per heavy atom. The number of hydrogen-bond donors (Lipinski definition) is 0. The molecule has 15 rings (SSSR count). The number of benzene rings is 10. The van der Waals surface area contributed by atoms with Crippen molar-refractivity contribution in [3.05, 3.63) is 206 Å². The molecule has 14 aromatic rings. The monoisotopic (exact) mass is 846 g/mol. The van der Waals surface area contributed by atoms with E-state index in [0.29, 0.717) is 23.0 Å². The summed E-state index contributed by atoms with van der Waals surface area (Å²) in [6, 6.07) is 72.2. The summed E-state index contributed by atoms with van der Waals surface area (Å²) in [6.07, 6.45) is 0. The van der Waals surface area contributed by atoms with Crippen LogP contribution in [0.2, 0.25) is 0 Å². The van der Waals surface area contributed by atoms with Crippen molar-refractivity contribution in [3.8, 4) is 56.6 Å². The van der Waals surface area contributed by atoms with Crippen LogP contribution in [-0.2, 0) is 0 Å². The molecular weight excluding hydrogens is 813 g/mol. The lowest BCUT2D eigenvalue weighted by Crippen LogP contribution is -2.02. The zero-order valence-corrected chi connectivity index (χ0v) is 35.2. The van der Waals surface area contributed by atoms with Crippen LogP contribution in [0.4, 0.5) is 0 Å². The number of ether oxygens (including phenoxy) is 2. The maximum atomic E-state index is 6.74.